The number of nitrogens with one attached hydrogen (secondary N) is 1. The molecule has 11 nitrogen and oxygen atoms in total. The fourth-order valence-electron chi connectivity index (χ4n) is 9.43. The summed E-state index contributed by atoms with van der Waals surface area (Å²) in [4.78, 5) is 63.8. The van der Waals surface area contributed by atoms with E-state index < -0.39 is 44.7 Å². The van der Waals surface area contributed by atoms with Crippen molar-refractivity contribution in [2.24, 2.45) is 17.3 Å². The lowest BCUT2D eigenvalue weighted by molar-refractivity contribution is -0.143. The molecule has 318 valence electrons. The van der Waals surface area contributed by atoms with Gasteiger partial charge in [0.25, 0.3) is 0 Å². The average molecular weight is 836 g/mol. The van der Waals surface area contributed by atoms with Crippen molar-refractivity contribution < 1.29 is 37.1 Å². The van der Waals surface area contributed by atoms with E-state index in [1.807, 2.05) is 60.7 Å². The van der Waals surface area contributed by atoms with Crippen molar-refractivity contribution in [3.63, 3.8) is 0 Å². The van der Waals surface area contributed by atoms with E-state index in [4.69, 9.17) is 14.5 Å². The van der Waals surface area contributed by atoms with Crippen LogP contribution in [-0.2, 0) is 29.2 Å². The zero-order valence-corrected chi connectivity index (χ0v) is 35.4. The number of allylic oxidation sites excluding steroid dienone is 3. The number of hydrogen-bond donors (Lipinski definition) is 1. The normalized spacial score (nSPS) is 28.2. The first-order valence-corrected chi connectivity index (χ1v) is 23.6. The summed E-state index contributed by atoms with van der Waals surface area (Å²) < 4.78 is 41.1. The third-order valence-electron chi connectivity index (χ3n) is 13.2. The molecule has 1 N–H and O–H groups in total. The molecule has 12 heteroatoms. The highest BCUT2D eigenvalue weighted by Crippen LogP contribution is 2.57. The molecule has 8 rings (SSSR count). The first-order chi connectivity index (χ1) is 29.0. The van der Waals surface area contributed by atoms with Crippen LogP contribution < -0.4 is 14.2 Å². The molecule has 2 aromatic carbocycles. The van der Waals surface area contributed by atoms with Crippen LogP contribution in [0.15, 0.2) is 66.8 Å². The molecule has 0 unspecified atom stereocenters. The van der Waals surface area contributed by atoms with Crippen molar-refractivity contribution in [2.75, 3.05) is 13.7 Å². The first-order valence-electron chi connectivity index (χ1n) is 22.0. The molecule has 0 spiro atoms. The Labute approximate surface area is 353 Å². The summed E-state index contributed by atoms with van der Waals surface area (Å²) in [6.45, 7) is 0.117. The van der Waals surface area contributed by atoms with Gasteiger partial charge in [0.2, 0.25) is 21.8 Å². The number of carbonyl (C=O) groups is 4. The minimum absolute atomic E-state index is 0.0601. The lowest BCUT2D eigenvalue weighted by Crippen LogP contribution is -2.46. The first kappa shape index (κ1) is 41.9. The topological polar surface area (TPSA) is 149 Å². The number of aromatic nitrogens is 1. The SMILES string of the molecule is COc1cc2nc(-c3ccccc3)cc3c2cc1/C=C/CCCCCCC(=O)C[C@H]1CCCCC/C=C\[C@H]2C[C@@]2(C(=O)NS(=O)(=O)C2CC2)CC(=O)[C@@H]2C[C@H](CN2C1=O)O3. The summed E-state index contributed by atoms with van der Waals surface area (Å²) in [6.07, 6.45) is 17.8. The molecular formula is C48H57N3O8S. The Bertz CT molecular complexity index is 2290. The summed E-state index contributed by atoms with van der Waals surface area (Å²) in [5.74, 6) is -0.770. The molecule has 0 radical (unpaired) electrons. The second-order valence-corrected chi connectivity index (χ2v) is 19.6. The summed E-state index contributed by atoms with van der Waals surface area (Å²) in [7, 11) is -2.20. The summed E-state index contributed by atoms with van der Waals surface area (Å²) in [5.41, 5.74) is 1.90. The second-order valence-electron chi connectivity index (χ2n) is 17.6. The van der Waals surface area contributed by atoms with Crippen LogP contribution in [0.3, 0.4) is 0 Å². The van der Waals surface area contributed by atoms with Gasteiger partial charge in [-0.15, -0.1) is 0 Å². The lowest BCUT2D eigenvalue weighted by Gasteiger charge is -2.29. The number of methoxy groups -OCH3 is 1. The van der Waals surface area contributed by atoms with Gasteiger partial charge in [0, 0.05) is 60.2 Å². The molecule has 1 aromatic heterocycles. The Hall–Kier alpha value is -4.84. The molecule has 3 aromatic rings. The Kier molecular flexibility index (Phi) is 12.6. The monoisotopic (exact) mass is 835 g/mol. The van der Waals surface area contributed by atoms with Crippen LogP contribution in [-0.4, -0.2) is 72.7 Å². The molecule has 60 heavy (non-hydrogen) atoms. The zero-order valence-electron chi connectivity index (χ0n) is 34.6. The van der Waals surface area contributed by atoms with Gasteiger partial charge >= 0.3 is 0 Å². The average Bonchev–Trinajstić information content (AvgIpc) is 4.17. The Balaban J connectivity index is 1.18. The van der Waals surface area contributed by atoms with E-state index in [-0.39, 0.29) is 49.2 Å². The number of hydrogen-bond acceptors (Lipinski definition) is 9. The van der Waals surface area contributed by atoms with Crippen LogP contribution in [0, 0.1) is 17.3 Å². The highest BCUT2D eigenvalue weighted by Gasteiger charge is 2.61. The van der Waals surface area contributed by atoms with Crippen LogP contribution in [0.1, 0.15) is 115 Å². The Morgan fingerprint density at radius 1 is 0.933 bits per heavy atom. The quantitative estimate of drug-likeness (QED) is 0.251. The van der Waals surface area contributed by atoms with Gasteiger partial charge in [0.05, 0.1) is 41.6 Å². The number of fused-ring (bicyclic) bond motifs is 4. The van der Waals surface area contributed by atoms with E-state index in [0.717, 1.165) is 74.3 Å². The highest BCUT2D eigenvalue weighted by molar-refractivity contribution is 7.90. The number of ketones is 2. The van der Waals surface area contributed by atoms with Gasteiger partial charge in [0.15, 0.2) is 5.78 Å². The number of rotatable bonds is 5. The van der Waals surface area contributed by atoms with E-state index in [2.05, 4.69) is 16.9 Å². The van der Waals surface area contributed by atoms with Crippen LogP contribution >= 0.6 is 0 Å². The van der Waals surface area contributed by atoms with Crippen LogP contribution in [0.5, 0.6) is 11.5 Å². The third kappa shape index (κ3) is 9.38. The number of pyridine rings is 1. The molecule has 4 heterocycles. The Morgan fingerprint density at radius 2 is 1.70 bits per heavy atom. The molecule has 2 amide bonds. The molecule has 5 bridgehead atoms. The molecule has 3 aliphatic heterocycles. The van der Waals surface area contributed by atoms with Gasteiger partial charge in [0.1, 0.15) is 23.4 Å². The molecule has 3 fully saturated rings. The van der Waals surface area contributed by atoms with Crippen LogP contribution in [0.2, 0.25) is 0 Å². The molecule has 2 aliphatic carbocycles. The maximum absolute atomic E-state index is 14.9. The minimum Gasteiger partial charge on any atom is -0.496 e. The largest absolute Gasteiger partial charge is 0.496 e. The van der Waals surface area contributed by atoms with E-state index in [9.17, 15) is 27.6 Å². The summed E-state index contributed by atoms with van der Waals surface area (Å²) >= 11 is 0. The highest BCUT2D eigenvalue weighted by atomic mass is 32.2. The van der Waals surface area contributed by atoms with Crippen molar-refractivity contribution in [2.45, 2.75) is 127 Å². The summed E-state index contributed by atoms with van der Waals surface area (Å²) in [6, 6.07) is 14.7. The van der Waals surface area contributed by atoms with E-state index in [1.165, 1.54) is 0 Å². The number of carbonyl (C=O) groups excluding carboxylic acids is 4. The third-order valence-corrected chi connectivity index (χ3v) is 15.0. The van der Waals surface area contributed by atoms with Gasteiger partial charge in [-0.2, -0.15) is 0 Å². The maximum Gasteiger partial charge on any atom is 0.240 e. The minimum atomic E-state index is -3.85. The van der Waals surface area contributed by atoms with Crippen molar-refractivity contribution in [1.82, 2.24) is 14.6 Å². The number of sulfonamides is 1. The maximum atomic E-state index is 14.9. The smallest absolute Gasteiger partial charge is 0.240 e. The number of amides is 2. The van der Waals surface area contributed by atoms with E-state index in [1.54, 1.807) is 12.0 Å². The Morgan fingerprint density at radius 3 is 2.48 bits per heavy atom. The van der Waals surface area contributed by atoms with Gasteiger partial charge in [-0.05, 0) is 69.8 Å². The fourth-order valence-corrected chi connectivity index (χ4v) is 10.8. The van der Waals surface area contributed by atoms with E-state index in [0.29, 0.717) is 54.8 Å². The number of nitrogens with zero attached hydrogens (tertiary/aromatic N) is 2. The number of benzene rings is 2. The van der Waals surface area contributed by atoms with Gasteiger partial charge in [-0.1, -0.05) is 80.3 Å². The number of ether oxygens (including phenoxy) is 2. The van der Waals surface area contributed by atoms with Crippen molar-refractivity contribution in [1.29, 1.82) is 0 Å². The van der Waals surface area contributed by atoms with Crippen LogP contribution in [0.4, 0.5) is 0 Å². The standard InChI is InChI=1S/C48H57N3O8S/c1-58-44-28-41-39-25-33(44)18-10-5-2-3-8-15-21-36(52)24-34-19-11-6-4-7-14-20-35-29-48(35,47(55)50-60(56,57)38-22-23-38)30-43(53)42-26-37(31-51(42)46(34)54)59-45(39)27-40(49-41)32-16-12-9-13-17-32/h9-10,12-14,16-18,20,25,27-28,34-35,37-38,42H,2-8,11,15,19,21-24,26,29-31H2,1H3,(H,50,55)/b18-10+,20-14-/t34-,35+,37-,42+,48-/m1/s1. The summed E-state index contributed by atoms with van der Waals surface area (Å²) in [5, 5.41) is 0.173. The lowest BCUT2D eigenvalue weighted by atomic mass is 9.90. The molecule has 5 aliphatic rings. The van der Waals surface area contributed by atoms with Gasteiger partial charge < -0.3 is 14.4 Å². The fraction of sp³-hybridized carbons (Fsp3) is 0.521. The van der Waals surface area contributed by atoms with Crippen molar-refractivity contribution in [3.05, 3.63) is 72.3 Å². The molecule has 1 saturated heterocycles. The number of Topliss-reactive ketones (excluding diaryl/α,β-unsaturated/α-hetero) is 2. The second kappa shape index (κ2) is 18.0. The van der Waals surface area contributed by atoms with Gasteiger partial charge in [-0.25, -0.2) is 13.4 Å². The molecule has 2 saturated carbocycles. The van der Waals surface area contributed by atoms with Gasteiger partial charge in [-0.3, -0.25) is 23.9 Å². The van der Waals surface area contributed by atoms with Crippen molar-refractivity contribution in [3.8, 4) is 22.8 Å². The van der Waals surface area contributed by atoms with Crippen molar-refractivity contribution >= 4 is 50.4 Å². The zero-order chi connectivity index (χ0) is 41.9. The van der Waals surface area contributed by atoms with E-state index >= 15 is 0 Å². The van der Waals surface area contributed by atoms with Crippen LogP contribution in [0.25, 0.3) is 28.2 Å². The predicted octanol–water partition coefficient (Wildman–Crippen LogP) is 8.30. The molecular weight excluding hydrogens is 779 g/mol. The molecule has 5 atom stereocenters. The predicted molar refractivity (Wildman–Crippen MR) is 231 cm³/mol.